The van der Waals surface area contributed by atoms with Gasteiger partial charge in [0.15, 0.2) is 5.13 Å². The number of fused-ring (bicyclic) bond motifs is 1. The molecule has 2 aromatic carbocycles. The highest BCUT2D eigenvalue weighted by Crippen LogP contribution is 2.31. The van der Waals surface area contributed by atoms with Gasteiger partial charge in [-0.1, -0.05) is 11.3 Å². The van der Waals surface area contributed by atoms with E-state index < -0.39 is 4.92 Å². The van der Waals surface area contributed by atoms with Crippen LogP contribution in [-0.2, 0) is 4.79 Å². The molecule has 0 fully saturated rings. The van der Waals surface area contributed by atoms with Crippen LogP contribution in [-0.4, -0.2) is 55.0 Å². The maximum Gasteiger partial charge on any atom is 0.269 e. The number of likely N-dealkylation sites (N-methyl/N-ethyl adjacent to an activating group) is 1. The molecule has 0 saturated carbocycles. The lowest BCUT2D eigenvalue weighted by molar-refractivity contribution is -0.384. The Morgan fingerprint density at radius 2 is 1.90 bits per heavy atom. The van der Waals surface area contributed by atoms with Gasteiger partial charge in [-0.05, 0) is 56.1 Å². The summed E-state index contributed by atoms with van der Waals surface area (Å²) in [4.78, 5) is 31.5. The standard InChI is InChI=1S/C21H22N4O4S.ClH/c1-23(2)12-13-24(21-22-18-10-9-17(29-3)14-19(18)30-21)20(26)11-6-15-4-7-16(8-5-15)25(27)28;/h4-11,14H,12-13H2,1-3H3;1H. The Labute approximate surface area is 190 Å². The van der Waals surface area contributed by atoms with Gasteiger partial charge in [-0.2, -0.15) is 0 Å². The third-order valence-electron chi connectivity index (χ3n) is 4.37. The Hall–Kier alpha value is -3.01. The van der Waals surface area contributed by atoms with E-state index in [2.05, 4.69) is 4.98 Å². The number of benzene rings is 2. The van der Waals surface area contributed by atoms with Crippen molar-refractivity contribution < 1.29 is 14.5 Å². The van der Waals surface area contributed by atoms with E-state index in [0.717, 1.165) is 16.0 Å². The fourth-order valence-corrected chi connectivity index (χ4v) is 3.73. The summed E-state index contributed by atoms with van der Waals surface area (Å²) in [7, 11) is 5.50. The second-order valence-electron chi connectivity index (χ2n) is 6.81. The minimum absolute atomic E-state index is 0. The average molecular weight is 463 g/mol. The molecule has 1 aromatic heterocycles. The molecule has 0 aliphatic carbocycles. The summed E-state index contributed by atoms with van der Waals surface area (Å²) in [5, 5.41) is 11.4. The fourth-order valence-electron chi connectivity index (χ4n) is 2.70. The number of ether oxygens (including phenoxy) is 1. The molecule has 1 heterocycles. The molecule has 0 radical (unpaired) electrons. The van der Waals surface area contributed by atoms with Gasteiger partial charge in [0.25, 0.3) is 11.6 Å². The molecule has 0 spiro atoms. The van der Waals surface area contributed by atoms with Gasteiger partial charge in [0.2, 0.25) is 0 Å². The Balaban J connectivity index is 0.00000341. The van der Waals surface area contributed by atoms with E-state index in [4.69, 9.17) is 4.74 Å². The van der Waals surface area contributed by atoms with Crippen LogP contribution in [0.25, 0.3) is 16.3 Å². The number of halogens is 1. The summed E-state index contributed by atoms with van der Waals surface area (Å²) < 4.78 is 6.20. The van der Waals surface area contributed by atoms with Gasteiger partial charge in [0, 0.05) is 31.3 Å². The highest BCUT2D eigenvalue weighted by atomic mass is 35.5. The lowest BCUT2D eigenvalue weighted by Crippen LogP contribution is -2.35. The second kappa shape index (κ2) is 10.9. The predicted octanol–water partition coefficient (Wildman–Crippen LogP) is 4.24. The number of methoxy groups -OCH3 is 1. The zero-order valence-corrected chi connectivity index (χ0v) is 19.0. The highest BCUT2D eigenvalue weighted by Gasteiger charge is 2.18. The van der Waals surface area contributed by atoms with Gasteiger partial charge < -0.3 is 9.64 Å². The third-order valence-corrected chi connectivity index (χ3v) is 5.42. The first-order valence-electron chi connectivity index (χ1n) is 9.20. The summed E-state index contributed by atoms with van der Waals surface area (Å²) in [5.74, 6) is 0.531. The number of nitro groups is 1. The molecule has 31 heavy (non-hydrogen) atoms. The van der Waals surface area contributed by atoms with Crippen LogP contribution in [0.15, 0.2) is 48.5 Å². The topological polar surface area (TPSA) is 88.8 Å². The van der Waals surface area contributed by atoms with Crippen LogP contribution < -0.4 is 9.64 Å². The fraction of sp³-hybridized carbons (Fsp3) is 0.238. The van der Waals surface area contributed by atoms with Crippen molar-refractivity contribution in [3.63, 3.8) is 0 Å². The second-order valence-corrected chi connectivity index (χ2v) is 7.81. The number of hydrogen-bond acceptors (Lipinski definition) is 7. The number of non-ortho nitro benzene ring substituents is 1. The number of anilines is 1. The van der Waals surface area contributed by atoms with Crippen LogP contribution in [0.5, 0.6) is 5.75 Å². The van der Waals surface area contributed by atoms with Crippen LogP contribution in [0.2, 0.25) is 0 Å². The quantitative estimate of drug-likeness (QED) is 0.282. The molecular formula is C21H23ClN4O4S. The van der Waals surface area contributed by atoms with Gasteiger partial charge >= 0.3 is 0 Å². The maximum atomic E-state index is 13.0. The van der Waals surface area contributed by atoms with Crippen LogP contribution in [0.4, 0.5) is 10.8 Å². The maximum absolute atomic E-state index is 13.0. The molecule has 0 aliphatic rings. The molecule has 0 unspecified atom stereocenters. The van der Waals surface area contributed by atoms with E-state index in [1.165, 1.54) is 29.5 Å². The molecular weight excluding hydrogens is 440 g/mol. The van der Waals surface area contributed by atoms with Crippen LogP contribution in [0.1, 0.15) is 5.56 Å². The van der Waals surface area contributed by atoms with E-state index in [0.29, 0.717) is 23.8 Å². The lowest BCUT2D eigenvalue weighted by atomic mass is 10.2. The first-order valence-corrected chi connectivity index (χ1v) is 10.0. The van der Waals surface area contributed by atoms with Crippen LogP contribution in [0.3, 0.4) is 0 Å². The summed E-state index contributed by atoms with van der Waals surface area (Å²) in [6, 6.07) is 11.6. The molecule has 3 aromatic rings. The Kier molecular flexibility index (Phi) is 8.49. The molecule has 10 heteroatoms. The van der Waals surface area contributed by atoms with Crippen molar-refractivity contribution in [2.45, 2.75) is 0 Å². The molecule has 0 saturated heterocycles. The van der Waals surface area contributed by atoms with Crippen LogP contribution in [0, 0.1) is 10.1 Å². The summed E-state index contributed by atoms with van der Waals surface area (Å²) >= 11 is 1.43. The first-order chi connectivity index (χ1) is 14.4. The molecule has 1 amide bonds. The smallest absolute Gasteiger partial charge is 0.269 e. The number of carbonyl (C=O) groups is 1. The number of thiazole rings is 1. The molecule has 164 valence electrons. The summed E-state index contributed by atoms with van der Waals surface area (Å²) in [6.45, 7) is 1.16. The third kappa shape index (κ3) is 6.24. The zero-order chi connectivity index (χ0) is 21.7. The van der Waals surface area contributed by atoms with Crippen LogP contribution >= 0.6 is 23.7 Å². The SMILES string of the molecule is COc1ccc2nc(N(CCN(C)C)C(=O)C=Cc3ccc([N+](=O)[O-])cc3)sc2c1.Cl. The number of nitro benzene ring substituents is 1. The van der Waals surface area contributed by atoms with Gasteiger partial charge in [-0.3, -0.25) is 19.8 Å². The molecule has 8 nitrogen and oxygen atoms in total. The number of carbonyl (C=O) groups excluding carboxylic acids is 1. The van der Waals surface area contributed by atoms with Gasteiger partial charge in [-0.25, -0.2) is 4.98 Å². The largest absolute Gasteiger partial charge is 0.497 e. The van der Waals surface area contributed by atoms with Crippen molar-refractivity contribution in [2.24, 2.45) is 0 Å². The number of aromatic nitrogens is 1. The van der Waals surface area contributed by atoms with Gasteiger partial charge in [0.05, 0.1) is 22.2 Å². The summed E-state index contributed by atoms with van der Waals surface area (Å²) in [5.41, 5.74) is 1.52. The Morgan fingerprint density at radius 3 is 2.52 bits per heavy atom. The van der Waals surface area contributed by atoms with E-state index in [1.807, 2.05) is 37.2 Å². The molecule has 0 bridgehead atoms. The minimum atomic E-state index is -0.455. The normalized spacial score (nSPS) is 11.0. The number of nitrogens with zero attached hydrogens (tertiary/aromatic N) is 4. The van der Waals surface area contributed by atoms with Gasteiger partial charge in [0.1, 0.15) is 5.75 Å². The van der Waals surface area contributed by atoms with E-state index in [-0.39, 0.29) is 24.0 Å². The van der Waals surface area contributed by atoms with Gasteiger partial charge in [-0.15, -0.1) is 12.4 Å². The Morgan fingerprint density at radius 1 is 1.19 bits per heavy atom. The summed E-state index contributed by atoms with van der Waals surface area (Å²) in [6.07, 6.45) is 3.11. The number of amides is 1. The monoisotopic (exact) mass is 462 g/mol. The number of rotatable bonds is 8. The number of hydrogen-bond donors (Lipinski definition) is 0. The van der Waals surface area contributed by atoms with Crippen molar-refractivity contribution in [3.05, 3.63) is 64.2 Å². The average Bonchev–Trinajstić information content (AvgIpc) is 3.15. The van der Waals surface area contributed by atoms with E-state index in [1.54, 1.807) is 30.2 Å². The van der Waals surface area contributed by atoms with E-state index in [9.17, 15) is 14.9 Å². The highest BCUT2D eigenvalue weighted by molar-refractivity contribution is 7.22. The predicted molar refractivity (Wildman–Crippen MR) is 126 cm³/mol. The zero-order valence-electron chi connectivity index (χ0n) is 17.3. The molecule has 3 rings (SSSR count). The lowest BCUT2D eigenvalue weighted by Gasteiger charge is -2.20. The Bertz CT molecular complexity index is 1080. The molecule has 0 aliphatic heterocycles. The van der Waals surface area contributed by atoms with Crippen molar-refractivity contribution in [3.8, 4) is 5.75 Å². The van der Waals surface area contributed by atoms with E-state index >= 15 is 0 Å². The van der Waals surface area contributed by atoms with Crippen molar-refractivity contribution >= 4 is 56.8 Å². The molecule has 0 atom stereocenters. The molecule has 0 N–H and O–H groups in total. The minimum Gasteiger partial charge on any atom is -0.497 e. The van der Waals surface area contributed by atoms with Crippen molar-refractivity contribution in [1.29, 1.82) is 0 Å². The first kappa shape index (κ1) is 24.3. The van der Waals surface area contributed by atoms with Crippen molar-refractivity contribution in [1.82, 2.24) is 9.88 Å². The van der Waals surface area contributed by atoms with Crippen molar-refractivity contribution in [2.75, 3.05) is 39.2 Å².